The second kappa shape index (κ2) is 9.84. The summed E-state index contributed by atoms with van der Waals surface area (Å²) in [7, 11) is 0. The normalized spacial score (nSPS) is 18.8. The summed E-state index contributed by atoms with van der Waals surface area (Å²) in [6.45, 7) is 2.33. The molecular formula is C25H14Cl6N2O4. The van der Waals surface area contributed by atoms with Crippen molar-refractivity contribution in [1.82, 2.24) is 4.90 Å². The van der Waals surface area contributed by atoms with Gasteiger partial charge in [0.15, 0.2) is 0 Å². The number of carbonyl (C=O) groups is 3. The molecule has 0 N–H and O–H groups in total. The predicted octanol–water partition coefficient (Wildman–Crippen LogP) is 7.76. The minimum atomic E-state index is -1.22. The lowest BCUT2D eigenvalue weighted by Crippen LogP contribution is -2.67. The zero-order chi connectivity index (χ0) is 26.8. The van der Waals surface area contributed by atoms with Crippen LogP contribution in [0, 0.1) is 0 Å². The van der Waals surface area contributed by atoms with E-state index < -0.39 is 29.8 Å². The molecule has 2 aliphatic heterocycles. The van der Waals surface area contributed by atoms with E-state index in [1.54, 1.807) is 36.4 Å². The molecule has 3 aromatic carbocycles. The molecule has 6 nitrogen and oxygen atoms in total. The van der Waals surface area contributed by atoms with Crippen LogP contribution in [0.4, 0.5) is 5.69 Å². The number of carbonyl (C=O) groups excluding carboxylic acids is 3. The molecule has 190 valence electrons. The van der Waals surface area contributed by atoms with Crippen molar-refractivity contribution in [2.24, 2.45) is 0 Å². The average Bonchev–Trinajstić information content (AvgIpc) is 3.10. The number of nitrogens with zero attached hydrogens (tertiary/aromatic N) is 2. The molecule has 0 radical (unpaired) electrons. The van der Waals surface area contributed by atoms with Crippen LogP contribution < -0.4 is 9.64 Å². The Labute approximate surface area is 241 Å². The van der Waals surface area contributed by atoms with Gasteiger partial charge >= 0.3 is 0 Å². The van der Waals surface area contributed by atoms with Gasteiger partial charge in [0.05, 0.1) is 43.9 Å². The van der Waals surface area contributed by atoms with Crippen molar-refractivity contribution in [3.8, 4) is 5.75 Å². The van der Waals surface area contributed by atoms with Crippen LogP contribution in [0.2, 0.25) is 30.1 Å². The Morgan fingerprint density at radius 3 is 1.70 bits per heavy atom. The minimum Gasteiger partial charge on any atom is -0.494 e. The average molecular weight is 619 g/mol. The van der Waals surface area contributed by atoms with Crippen molar-refractivity contribution in [3.63, 3.8) is 0 Å². The lowest BCUT2D eigenvalue weighted by molar-refractivity contribution is -0.130. The van der Waals surface area contributed by atoms with E-state index in [0.29, 0.717) is 33.7 Å². The molecule has 1 fully saturated rings. The second-order valence-corrected chi connectivity index (χ2v) is 10.6. The highest BCUT2D eigenvalue weighted by Gasteiger charge is 2.58. The van der Waals surface area contributed by atoms with E-state index in [9.17, 15) is 14.4 Å². The summed E-state index contributed by atoms with van der Waals surface area (Å²) >= 11 is 37.2. The summed E-state index contributed by atoms with van der Waals surface area (Å²) in [5.74, 6) is -1.52. The fraction of sp³-hybridized carbons (Fsp3) is 0.160. The maximum atomic E-state index is 13.6. The third kappa shape index (κ3) is 4.15. The van der Waals surface area contributed by atoms with Gasteiger partial charge in [-0.05, 0) is 42.8 Å². The van der Waals surface area contributed by atoms with E-state index in [2.05, 4.69) is 0 Å². The maximum absolute atomic E-state index is 13.6. The Balaban J connectivity index is 1.62. The molecule has 3 amide bonds. The Hall–Kier alpha value is -2.19. The van der Waals surface area contributed by atoms with Gasteiger partial charge in [0.1, 0.15) is 11.8 Å². The van der Waals surface area contributed by atoms with E-state index in [1.165, 1.54) is 11.0 Å². The largest absolute Gasteiger partial charge is 0.494 e. The van der Waals surface area contributed by atoms with Gasteiger partial charge in [-0.2, -0.15) is 0 Å². The van der Waals surface area contributed by atoms with Gasteiger partial charge in [-0.3, -0.25) is 19.3 Å². The molecule has 0 aromatic heterocycles. The topological polar surface area (TPSA) is 66.9 Å². The summed E-state index contributed by atoms with van der Waals surface area (Å²) in [5.41, 5.74) is 0.632. The summed E-state index contributed by atoms with van der Waals surface area (Å²) < 4.78 is 5.52. The van der Waals surface area contributed by atoms with Crippen LogP contribution in [0.5, 0.6) is 5.75 Å². The molecule has 3 aromatic rings. The number of imide groups is 1. The van der Waals surface area contributed by atoms with Crippen LogP contribution >= 0.6 is 69.6 Å². The number of rotatable bonds is 5. The van der Waals surface area contributed by atoms with Crippen molar-refractivity contribution in [2.45, 2.75) is 19.0 Å². The van der Waals surface area contributed by atoms with Gasteiger partial charge in [-0.15, -0.1) is 0 Å². The van der Waals surface area contributed by atoms with Crippen molar-refractivity contribution < 1.29 is 19.1 Å². The molecule has 1 saturated heterocycles. The molecule has 37 heavy (non-hydrogen) atoms. The third-order valence-electron chi connectivity index (χ3n) is 6.14. The Morgan fingerprint density at radius 1 is 0.703 bits per heavy atom. The number of hydrogen-bond acceptors (Lipinski definition) is 4. The number of benzene rings is 3. The monoisotopic (exact) mass is 616 g/mol. The number of amides is 3. The van der Waals surface area contributed by atoms with Crippen molar-refractivity contribution >= 4 is 93.0 Å². The molecule has 0 spiro atoms. The first-order valence-corrected chi connectivity index (χ1v) is 13.1. The summed E-state index contributed by atoms with van der Waals surface area (Å²) in [4.78, 5) is 42.9. The van der Waals surface area contributed by atoms with E-state index >= 15 is 0 Å². The molecule has 2 atom stereocenters. The molecule has 5 rings (SSSR count). The third-order valence-corrected chi connectivity index (χ3v) is 8.37. The smallest absolute Gasteiger partial charge is 0.264 e. The molecule has 0 aliphatic carbocycles. The molecule has 12 heteroatoms. The summed E-state index contributed by atoms with van der Waals surface area (Å²) in [6, 6.07) is 9.64. The lowest BCUT2D eigenvalue weighted by atomic mass is 9.86. The van der Waals surface area contributed by atoms with Crippen LogP contribution in [-0.2, 0) is 4.79 Å². The predicted molar refractivity (Wildman–Crippen MR) is 145 cm³/mol. The van der Waals surface area contributed by atoms with Gasteiger partial charge in [0, 0.05) is 15.7 Å². The number of hydrogen-bond donors (Lipinski definition) is 0. The van der Waals surface area contributed by atoms with Gasteiger partial charge in [-0.25, -0.2) is 0 Å². The van der Waals surface area contributed by atoms with Gasteiger partial charge in [-0.1, -0.05) is 81.7 Å². The molecule has 0 saturated carbocycles. The second-order valence-electron chi connectivity index (χ2n) is 8.21. The first-order chi connectivity index (χ1) is 17.6. The molecule has 2 heterocycles. The van der Waals surface area contributed by atoms with Gasteiger partial charge in [0.25, 0.3) is 17.7 Å². The standard InChI is InChI=1S/C25H14Cl6N2O4/c1-2-37-14-5-3-10(4-6-14)21-22(25(36)32(21)13-8-11(26)7-12(27)9-13)33-23(34)15-16(24(33)35)18(29)20(31)19(30)17(15)28/h3-9,21-22H,2H2,1H3/t21-,22-/m0/s1. The minimum absolute atomic E-state index is 0.159. The Bertz CT molecular complexity index is 1430. The fourth-order valence-electron chi connectivity index (χ4n) is 4.57. The van der Waals surface area contributed by atoms with Crippen LogP contribution in [-0.4, -0.2) is 35.3 Å². The van der Waals surface area contributed by atoms with Crippen LogP contribution in [0.15, 0.2) is 42.5 Å². The number of fused-ring (bicyclic) bond motifs is 1. The molecule has 2 aliphatic rings. The fourth-order valence-corrected chi connectivity index (χ4v) is 6.10. The Morgan fingerprint density at radius 2 is 1.22 bits per heavy atom. The Kier molecular flexibility index (Phi) is 7.03. The van der Waals surface area contributed by atoms with Gasteiger partial charge in [0.2, 0.25) is 0 Å². The first kappa shape index (κ1) is 26.4. The van der Waals surface area contributed by atoms with E-state index in [1.807, 2.05) is 6.92 Å². The highest BCUT2D eigenvalue weighted by Crippen LogP contribution is 2.49. The molecule has 0 bridgehead atoms. The molecule has 0 unspecified atom stereocenters. The van der Waals surface area contributed by atoms with Crippen LogP contribution in [0.25, 0.3) is 0 Å². The van der Waals surface area contributed by atoms with Crippen molar-refractivity contribution in [1.29, 1.82) is 0 Å². The van der Waals surface area contributed by atoms with Crippen LogP contribution in [0.3, 0.4) is 0 Å². The first-order valence-electron chi connectivity index (χ1n) is 10.8. The van der Waals surface area contributed by atoms with Crippen LogP contribution in [0.1, 0.15) is 39.2 Å². The maximum Gasteiger partial charge on any atom is 0.264 e. The zero-order valence-corrected chi connectivity index (χ0v) is 23.2. The number of anilines is 1. The zero-order valence-electron chi connectivity index (χ0n) is 18.7. The van der Waals surface area contributed by atoms with E-state index in [-0.39, 0.29) is 31.2 Å². The highest BCUT2D eigenvalue weighted by atomic mass is 35.5. The summed E-state index contributed by atoms with van der Waals surface area (Å²) in [6.07, 6.45) is 0. The van der Waals surface area contributed by atoms with E-state index in [0.717, 1.165) is 4.90 Å². The highest BCUT2D eigenvalue weighted by molar-refractivity contribution is 6.55. The molecular weight excluding hydrogens is 605 g/mol. The number of ether oxygens (including phenoxy) is 1. The summed E-state index contributed by atoms with van der Waals surface area (Å²) in [5, 5.41) is -0.119. The number of halogens is 6. The van der Waals surface area contributed by atoms with Crippen molar-refractivity contribution in [2.75, 3.05) is 11.5 Å². The van der Waals surface area contributed by atoms with E-state index in [4.69, 9.17) is 74.3 Å². The number of β-lactam (4-membered cyclic amide) rings is 1. The van der Waals surface area contributed by atoms with Gasteiger partial charge < -0.3 is 9.64 Å². The lowest BCUT2D eigenvalue weighted by Gasteiger charge is -2.49. The van der Waals surface area contributed by atoms with Crippen molar-refractivity contribution in [3.05, 3.63) is 89.3 Å². The quantitative estimate of drug-likeness (QED) is 0.127. The SMILES string of the molecule is CCOc1ccc([C@H]2[C@H](N3C(=O)c4c(Cl)c(Cl)c(Cl)c(Cl)c4C3=O)C(=O)N2c2cc(Cl)cc(Cl)c2)cc1.